The molecule has 2 heterocycles. The number of fused-ring (bicyclic) bond motifs is 1. The number of halogens is 1. The number of rotatable bonds is 7. The van der Waals surface area contributed by atoms with Gasteiger partial charge >= 0.3 is 0 Å². The average molecular weight is 435 g/mol. The molecular weight excluding hydrogens is 413 g/mol. The van der Waals surface area contributed by atoms with Gasteiger partial charge in [0.15, 0.2) is 11.5 Å². The van der Waals surface area contributed by atoms with E-state index in [1.54, 1.807) is 44.4 Å². The second kappa shape index (κ2) is 9.05. The van der Waals surface area contributed by atoms with Crippen molar-refractivity contribution in [2.45, 2.75) is 20.4 Å². The van der Waals surface area contributed by atoms with E-state index in [0.29, 0.717) is 40.4 Å². The molecule has 4 aromatic rings. The third-order valence-corrected chi connectivity index (χ3v) is 4.99. The summed E-state index contributed by atoms with van der Waals surface area (Å²) in [7, 11) is 1.56. The molecule has 2 aromatic heterocycles. The molecule has 0 unspecified atom stereocenters. The molecule has 0 atom stereocenters. The van der Waals surface area contributed by atoms with Gasteiger partial charge in [0.2, 0.25) is 0 Å². The molecule has 164 valence electrons. The highest BCUT2D eigenvalue weighted by Gasteiger charge is 2.20. The minimum Gasteiger partial charge on any atom is -0.493 e. The summed E-state index contributed by atoms with van der Waals surface area (Å²) in [5.74, 6) is 0.426. The first-order chi connectivity index (χ1) is 15.5. The zero-order chi connectivity index (χ0) is 22.7. The molecule has 32 heavy (non-hydrogen) atoms. The number of hydrogen-bond donors (Lipinski definition) is 1. The number of aromatic nitrogens is 2. The fraction of sp³-hybridized carbons (Fsp3) is 0.208. The zero-order valence-electron chi connectivity index (χ0n) is 17.9. The van der Waals surface area contributed by atoms with Crippen molar-refractivity contribution in [3.63, 3.8) is 0 Å². The summed E-state index contributed by atoms with van der Waals surface area (Å²) in [5, 5.41) is 7.31. The summed E-state index contributed by atoms with van der Waals surface area (Å²) in [6.07, 6.45) is 0. The van der Waals surface area contributed by atoms with Crippen LogP contribution in [0.5, 0.6) is 11.5 Å². The van der Waals surface area contributed by atoms with Gasteiger partial charge in [-0.3, -0.25) is 4.79 Å². The fourth-order valence-corrected chi connectivity index (χ4v) is 3.45. The minimum atomic E-state index is -0.441. The van der Waals surface area contributed by atoms with Gasteiger partial charge in [0.05, 0.1) is 36.1 Å². The molecule has 0 saturated heterocycles. The van der Waals surface area contributed by atoms with E-state index in [-0.39, 0.29) is 23.7 Å². The Morgan fingerprint density at radius 2 is 1.97 bits per heavy atom. The molecule has 8 heteroatoms. The van der Waals surface area contributed by atoms with Crippen molar-refractivity contribution in [2.24, 2.45) is 0 Å². The number of aryl methyl sites for hydroxylation is 1. The Kier molecular flexibility index (Phi) is 6.02. The number of hydrogen-bond acceptors (Lipinski definition) is 6. The molecule has 0 bridgehead atoms. The van der Waals surface area contributed by atoms with E-state index in [1.165, 1.54) is 6.07 Å². The lowest BCUT2D eigenvalue weighted by atomic mass is 10.0. The number of methoxy groups -OCH3 is 1. The van der Waals surface area contributed by atoms with Crippen LogP contribution in [0.15, 0.2) is 53.1 Å². The first kappa shape index (κ1) is 21.3. The van der Waals surface area contributed by atoms with Crippen molar-refractivity contribution in [3.05, 3.63) is 71.2 Å². The second-order valence-corrected chi connectivity index (χ2v) is 7.08. The number of carbonyl (C=O) groups is 1. The van der Waals surface area contributed by atoms with Crippen molar-refractivity contribution < 1.29 is 23.2 Å². The molecule has 0 aliphatic rings. The summed E-state index contributed by atoms with van der Waals surface area (Å²) in [4.78, 5) is 17.5. The normalized spacial score (nSPS) is 10.9. The summed E-state index contributed by atoms with van der Waals surface area (Å²) in [6.45, 7) is 4.40. The average Bonchev–Trinajstić information content (AvgIpc) is 3.18. The number of benzene rings is 2. The maximum Gasteiger partial charge on any atom is 0.259 e. The number of pyridine rings is 1. The fourth-order valence-electron chi connectivity index (χ4n) is 3.45. The van der Waals surface area contributed by atoms with E-state index in [2.05, 4.69) is 15.5 Å². The minimum absolute atomic E-state index is 0.177. The van der Waals surface area contributed by atoms with Gasteiger partial charge in [0.25, 0.3) is 11.6 Å². The molecule has 2 aromatic carbocycles. The topological polar surface area (TPSA) is 86.5 Å². The van der Waals surface area contributed by atoms with Gasteiger partial charge in [-0.25, -0.2) is 9.37 Å². The number of ether oxygens (including phenoxy) is 2. The largest absolute Gasteiger partial charge is 0.493 e. The van der Waals surface area contributed by atoms with Gasteiger partial charge < -0.3 is 19.3 Å². The second-order valence-electron chi connectivity index (χ2n) is 7.08. The Bertz CT molecular complexity index is 1290. The Labute approximate surface area is 184 Å². The first-order valence-corrected chi connectivity index (χ1v) is 10.1. The van der Waals surface area contributed by atoms with Crippen LogP contribution in [-0.4, -0.2) is 29.8 Å². The lowest BCUT2D eigenvalue weighted by Crippen LogP contribution is -2.23. The van der Waals surface area contributed by atoms with Gasteiger partial charge in [0, 0.05) is 12.1 Å². The van der Waals surface area contributed by atoms with Crippen molar-refractivity contribution >= 4 is 17.0 Å². The van der Waals surface area contributed by atoms with E-state index in [0.717, 1.165) is 5.56 Å². The van der Waals surface area contributed by atoms with Crippen molar-refractivity contribution in [3.8, 4) is 22.8 Å². The highest BCUT2D eigenvalue weighted by atomic mass is 19.1. The monoisotopic (exact) mass is 435 g/mol. The SMILES string of the molecule is CCOc1ccc(CNC(=O)c2cc(-c3ccccc3F)nc3onc(C)c23)cc1OC. The van der Waals surface area contributed by atoms with E-state index >= 15 is 0 Å². The molecule has 0 aliphatic carbocycles. The lowest BCUT2D eigenvalue weighted by molar-refractivity contribution is 0.0952. The third kappa shape index (κ3) is 4.12. The van der Waals surface area contributed by atoms with Crippen molar-refractivity contribution in [2.75, 3.05) is 13.7 Å². The maximum atomic E-state index is 14.3. The highest BCUT2D eigenvalue weighted by molar-refractivity contribution is 6.07. The summed E-state index contributed by atoms with van der Waals surface area (Å²) >= 11 is 0. The predicted molar refractivity (Wildman–Crippen MR) is 117 cm³/mol. The first-order valence-electron chi connectivity index (χ1n) is 10.1. The molecule has 1 N–H and O–H groups in total. The van der Waals surface area contributed by atoms with Gasteiger partial charge in [-0.15, -0.1) is 0 Å². The summed E-state index contributed by atoms with van der Waals surface area (Å²) < 4.78 is 30.5. The van der Waals surface area contributed by atoms with Gasteiger partial charge in [-0.2, -0.15) is 0 Å². The van der Waals surface area contributed by atoms with Gasteiger partial charge in [-0.1, -0.05) is 23.4 Å². The van der Waals surface area contributed by atoms with Crippen molar-refractivity contribution in [1.82, 2.24) is 15.5 Å². The molecule has 0 saturated carbocycles. The van der Waals surface area contributed by atoms with Crippen LogP contribution in [0.1, 0.15) is 28.5 Å². The van der Waals surface area contributed by atoms with E-state index < -0.39 is 5.82 Å². The molecule has 4 rings (SSSR count). The quantitative estimate of drug-likeness (QED) is 0.454. The molecular formula is C24H22FN3O4. The molecule has 0 aliphatic heterocycles. The van der Waals surface area contributed by atoms with Crippen LogP contribution in [0, 0.1) is 12.7 Å². The van der Waals surface area contributed by atoms with E-state index in [9.17, 15) is 9.18 Å². The van der Waals surface area contributed by atoms with Crippen molar-refractivity contribution in [1.29, 1.82) is 0 Å². The van der Waals surface area contributed by atoms with Gasteiger partial charge in [-0.05, 0) is 49.7 Å². The van der Waals surface area contributed by atoms with Crippen LogP contribution >= 0.6 is 0 Å². The van der Waals surface area contributed by atoms with Crippen LogP contribution < -0.4 is 14.8 Å². The molecule has 1 amide bonds. The van der Waals surface area contributed by atoms with Crippen LogP contribution in [0.4, 0.5) is 4.39 Å². The highest BCUT2D eigenvalue weighted by Crippen LogP contribution is 2.30. The Hall–Kier alpha value is -3.94. The number of nitrogens with one attached hydrogen (secondary N) is 1. The lowest BCUT2D eigenvalue weighted by Gasteiger charge is -2.12. The van der Waals surface area contributed by atoms with Crippen LogP contribution in [0.3, 0.4) is 0 Å². The maximum absolute atomic E-state index is 14.3. The Balaban J connectivity index is 1.65. The number of amides is 1. The predicted octanol–water partition coefficient (Wildman–Crippen LogP) is 4.67. The smallest absolute Gasteiger partial charge is 0.259 e. The summed E-state index contributed by atoms with van der Waals surface area (Å²) in [5.41, 5.74) is 2.41. The van der Waals surface area contributed by atoms with Gasteiger partial charge in [0.1, 0.15) is 5.82 Å². The van der Waals surface area contributed by atoms with Crippen LogP contribution in [0.2, 0.25) is 0 Å². The van der Waals surface area contributed by atoms with Crippen LogP contribution in [-0.2, 0) is 6.54 Å². The summed E-state index contributed by atoms with van der Waals surface area (Å²) in [6, 6.07) is 13.2. The van der Waals surface area contributed by atoms with E-state index in [1.807, 2.05) is 19.1 Å². The zero-order valence-corrected chi connectivity index (χ0v) is 17.9. The number of nitrogens with zero attached hydrogens (tertiary/aromatic N) is 2. The Morgan fingerprint density at radius 3 is 2.72 bits per heavy atom. The third-order valence-electron chi connectivity index (χ3n) is 4.99. The standard InChI is InChI=1S/C24H22FN3O4/c1-4-31-20-10-9-15(11-21(20)30-3)13-26-23(29)17-12-19(16-7-5-6-8-18(16)25)27-24-22(17)14(2)28-32-24/h5-12H,4,13H2,1-3H3,(H,26,29). The molecule has 7 nitrogen and oxygen atoms in total. The molecule has 0 spiro atoms. The van der Waals surface area contributed by atoms with E-state index in [4.69, 9.17) is 14.0 Å². The molecule has 0 radical (unpaired) electrons. The van der Waals surface area contributed by atoms with Crippen LogP contribution in [0.25, 0.3) is 22.4 Å². The number of carbonyl (C=O) groups excluding carboxylic acids is 1. The Morgan fingerprint density at radius 1 is 1.16 bits per heavy atom. The molecule has 0 fully saturated rings.